The lowest BCUT2D eigenvalue weighted by Crippen LogP contribution is -1.98. The van der Waals surface area contributed by atoms with E-state index in [9.17, 15) is 20.0 Å². The summed E-state index contributed by atoms with van der Waals surface area (Å²) in [6, 6.07) is 9.44. The number of hydrogen-bond donors (Lipinski definition) is 1. The molecule has 0 radical (unpaired) electrons. The highest BCUT2D eigenvalue weighted by atomic mass is 32.1. The Bertz CT molecular complexity index is 646. The van der Waals surface area contributed by atoms with Gasteiger partial charge in [0.2, 0.25) is 0 Å². The van der Waals surface area contributed by atoms with Crippen LogP contribution in [0, 0.1) is 10.1 Å². The molecule has 1 N–H and O–H groups in total. The van der Waals surface area contributed by atoms with Crippen LogP contribution in [0.1, 0.15) is 10.4 Å². The molecule has 0 aliphatic rings. The summed E-state index contributed by atoms with van der Waals surface area (Å²) in [5.74, 6) is -1.11. The minimum Gasteiger partial charge on any atom is -0.478 e. The third-order valence-corrected chi connectivity index (χ3v) is 3.35. The summed E-state index contributed by atoms with van der Waals surface area (Å²) >= 11 is 1.27. The van der Waals surface area contributed by atoms with E-state index in [4.69, 9.17) is 0 Å². The highest BCUT2D eigenvalue weighted by Crippen LogP contribution is 2.27. The molecule has 2 rings (SSSR count). The van der Waals surface area contributed by atoms with Gasteiger partial charge in [-0.15, -0.1) is 11.3 Å². The minimum absolute atomic E-state index is 0.0456. The number of carbonyl (C=O) groups is 1. The van der Waals surface area contributed by atoms with Gasteiger partial charge < -0.3 is 5.11 Å². The van der Waals surface area contributed by atoms with Gasteiger partial charge in [-0.1, -0.05) is 18.2 Å². The van der Waals surface area contributed by atoms with Gasteiger partial charge in [0.15, 0.2) is 0 Å². The Kier molecular flexibility index (Phi) is 3.72. The first kappa shape index (κ1) is 13.0. The van der Waals surface area contributed by atoms with E-state index in [-0.39, 0.29) is 16.8 Å². The maximum atomic E-state index is 11.3. The molecule has 0 atom stereocenters. The van der Waals surface area contributed by atoms with Gasteiger partial charge in [-0.25, -0.2) is 4.79 Å². The lowest BCUT2D eigenvalue weighted by Gasteiger charge is -2.01. The molecule has 0 unspecified atom stereocenters. The Hall–Kier alpha value is -2.47. The lowest BCUT2D eigenvalue weighted by molar-refractivity contribution is -0.385. The van der Waals surface area contributed by atoms with Crippen LogP contribution in [0.4, 0.5) is 5.69 Å². The largest absolute Gasteiger partial charge is 0.478 e. The van der Waals surface area contributed by atoms with Crippen molar-refractivity contribution in [2.75, 3.05) is 0 Å². The van der Waals surface area contributed by atoms with Crippen molar-refractivity contribution in [2.24, 2.45) is 0 Å². The average Bonchev–Trinajstić information content (AvgIpc) is 2.89. The molecule has 1 aromatic carbocycles. The van der Waals surface area contributed by atoms with E-state index in [1.165, 1.54) is 29.5 Å². The van der Waals surface area contributed by atoms with Gasteiger partial charge in [0.1, 0.15) is 0 Å². The van der Waals surface area contributed by atoms with Crippen LogP contribution in [0.3, 0.4) is 0 Å². The highest BCUT2D eigenvalue weighted by molar-refractivity contribution is 7.11. The number of rotatable bonds is 4. The molecule has 0 amide bonds. The summed E-state index contributed by atoms with van der Waals surface area (Å²) < 4.78 is 0. The molecule has 0 saturated heterocycles. The van der Waals surface area contributed by atoms with Gasteiger partial charge in [0, 0.05) is 10.9 Å². The maximum Gasteiger partial charge on any atom is 0.337 e. The van der Waals surface area contributed by atoms with E-state index in [0.717, 1.165) is 0 Å². The normalized spacial score (nSPS) is 11.3. The second-order valence-electron chi connectivity index (χ2n) is 3.66. The highest BCUT2D eigenvalue weighted by Gasteiger charge is 2.16. The van der Waals surface area contributed by atoms with E-state index in [1.807, 2.05) is 0 Å². The zero-order chi connectivity index (χ0) is 13.8. The molecule has 19 heavy (non-hydrogen) atoms. The number of nitro groups is 1. The Morgan fingerprint density at radius 3 is 2.58 bits per heavy atom. The van der Waals surface area contributed by atoms with Gasteiger partial charge >= 0.3 is 5.97 Å². The Morgan fingerprint density at radius 2 is 2.00 bits per heavy atom. The van der Waals surface area contributed by atoms with Gasteiger partial charge in [-0.3, -0.25) is 10.1 Å². The Morgan fingerprint density at radius 1 is 1.26 bits per heavy atom. The summed E-state index contributed by atoms with van der Waals surface area (Å²) in [5, 5.41) is 21.9. The number of aliphatic carboxylic acids is 1. The zero-order valence-electron chi connectivity index (χ0n) is 9.65. The molecule has 6 heteroatoms. The summed E-state index contributed by atoms with van der Waals surface area (Å²) in [6.45, 7) is 0. The molecule has 0 aliphatic heterocycles. The predicted molar refractivity (Wildman–Crippen MR) is 72.9 cm³/mol. The van der Waals surface area contributed by atoms with Crippen molar-refractivity contribution < 1.29 is 14.8 Å². The van der Waals surface area contributed by atoms with Gasteiger partial charge in [-0.05, 0) is 23.6 Å². The molecule has 0 spiro atoms. The molecule has 1 aromatic heterocycles. The van der Waals surface area contributed by atoms with Crippen LogP contribution < -0.4 is 0 Å². The number of carboxylic acids is 1. The fourth-order valence-corrected chi connectivity index (χ4v) is 2.34. The number of para-hydroxylation sites is 1. The number of benzene rings is 1. The molecule has 0 bridgehead atoms. The van der Waals surface area contributed by atoms with E-state index in [1.54, 1.807) is 29.6 Å². The first-order chi connectivity index (χ1) is 9.09. The van der Waals surface area contributed by atoms with Gasteiger partial charge in [-0.2, -0.15) is 0 Å². The van der Waals surface area contributed by atoms with Crippen LogP contribution in [-0.2, 0) is 4.79 Å². The van der Waals surface area contributed by atoms with E-state index in [0.29, 0.717) is 4.88 Å². The second-order valence-corrected chi connectivity index (χ2v) is 4.60. The zero-order valence-corrected chi connectivity index (χ0v) is 10.5. The molecule has 2 aromatic rings. The number of thiophene rings is 1. The molecule has 0 saturated carbocycles. The number of carboxylic acid groups (broad SMARTS) is 1. The van der Waals surface area contributed by atoms with Crippen LogP contribution >= 0.6 is 11.3 Å². The maximum absolute atomic E-state index is 11.3. The van der Waals surface area contributed by atoms with Crippen molar-refractivity contribution in [1.29, 1.82) is 0 Å². The van der Waals surface area contributed by atoms with Crippen molar-refractivity contribution >= 4 is 34.6 Å². The topological polar surface area (TPSA) is 80.4 Å². The fourth-order valence-electron chi connectivity index (χ4n) is 1.60. The second kappa shape index (κ2) is 5.45. The van der Waals surface area contributed by atoms with E-state index in [2.05, 4.69) is 0 Å². The molecule has 0 fully saturated rings. The Balaban J connectivity index is 2.55. The third kappa shape index (κ3) is 2.86. The van der Waals surface area contributed by atoms with Crippen molar-refractivity contribution in [2.45, 2.75) is 0 Å². The first-order valence-electron chi connectivity index (χ1n) is 5.32. The standard InChI is InChI=1S/C13H9NO4S/c15-13(16)10(12-6-3-7-19-12)8-9-4-1-2-5-11(9)14(17)18/h1-8H,(H,15,16)/b10-8-. The van der Waals surface area contributed by atoms with Crippen LogP contribution in [0.15, 0.2) is 41.8 Å². The van der Waals surface area contributed by atoms with Crippen molar-refractivity contribution in [3.8, 4) is 0 Å². The summed E-state index contributed by atoms with van der Waals surface area (Å²) in [6.07, 6.45) is 1.33. The summed E-state index contributed by atoms with van der Waals surface area (Å²) in [5.41, 5.74) is 0.209. The number of hydrogen-bond acceptors (Lipinski definition) is 4. The fraction of sp³-hybridized carbons (Fsp3) is 0. The first-order valence-corrected chi connectivity index (χ1v) is 6.20. The number of nitrogens with zero attached hydrogens (tertiary/aromatic N) is 1. The lowest BCUT2D eigenvalue weighted by atomic mass is 10.1. The van der Waals surface area contributed by atoms with E-state index >= 15 is 0 Å². The quantitative estimate of drug-likeness (QED) is 0.527. The van der Waals surface area contributed by atoms with Crippen LogP contribution in [-0.4, -0.2) is 16.0 Å². The molecular weight excluding hydrogens is 266 g/mol. The third-order valence-electron chi connectivity index (χ3n) is 2.45. The molecule has 96 valence electrons. The summed E-state index contributed by atoms with van der Waals surface area (Å²) in [7, 11) is 0. The Labute approximate surface area is 112 Å². The van der Waals surface area contributed by atoms with Crippen LogP contribution in [0.25, 0.3) is 11.6 Å². The molecular formula is C13H9NO4S. The summed E-state index contributed by atoms with van der Waals surface area (Å²) in [4.78, 5) is 22.2. The molecule has 1 heterocycles. The van der Waals surface area contributed by atoms with Crippen molar-refractivity contribution in [3.63, 3.8) is 0 Å². The van der Waals surface area contributed by atoms with E-state index < -0.39 is 10.9 Å². The molecule has 0 aliphatic carbocycles. The smallest absolute Gasteiger partial charge is 0.337 e. The monoisotopic (exact) mass is 275 g/mol. The number of nitro benzene ring substituents is 1. The van der Waals surface area contributed by atoms with Gasteiger partial charge in [0.25, 0.3) is 5.69 Å². The minimum atomic E-state index is -1.11. The van der Waals surface area contributed by atoms with Crippen LogP contribution in [0.2, 0.25) is 0 Å². The van der Waals surface area contributed by atoms with Crippen molar-refractivity contribution in [1.82, 2.24) is 0 Å². The van der Waals surface area contributed by atoms with Gasteiger partial charge in [0.05, 0.1) is 16.1 Å². The molecule has 5 nitrogen and oxygen atoms in total. The predicted octanol–water partition coefficient (Wildman–Crippen LogP) is 3.28. The van der Waals surface area contributed by atoms with Crippen LogP contribution in [0.5, 0.6) is 0 Å². The van der Waals surface area contributed by atoms with Crippen molar-refractivity contribution in [3.05, 3.63) is 62.3 Å². The average molecular weight is 275 g/mol. The SMILES string of the molecule is O=C(O)/C(=C\c1ccccc1[N+](=O)[O-])c1cccs1.